The minimum absolute atomic E-state index is 0.0900. The molecule has 0 heterocycles. The van der Waals surface area contributed by atoms with E-state index in [0.29, 0.717) is 19.3 Å². The molecule has 0 spiro atoms. The number of esters is 3. The van der Waals surface area contributed by atoms with E-state index in [-0.39, 0.29) is 31.1 Å². The summed E-state index contributed by atoms with van der Waals surface area (Å²) in [7, 11) is 0. The molecule has 0 aliphatic rings. The van der Waals surface area contributed by atoms with E-state index in [1.54, 1.807) is 0 Å². The summed E-state index contributed by atoms with van der Waals surface area (Å²) in [5.41, 5.74) is 0. The van der Waals surface area contributed by atoms with Gasteiger partial charge >= 0.3 is 17.9 Å². The van der Waals surface area contributed by atoms with Gasteiger partial charge < -0.3 is 14.2 Å². The Kier molecular flexibility index (Phi) is 47.0. The van der Waals surface area contributed by atoms with Crippen molar-refractivity contribution in [1.82, 2.24) is 0 Å². The molecule has 0 aromatic rings. The van der Waals surface area contributed by atoms with Crippen LogP contribution in [0, 0.1) is 0 Å². The van der Waals surface area contributed by atoms with Crippen LogP contribution in [0.3, 0.4) is 0 Å². The third kappa shape index (κ3) is 47.4. The average Bonchev–Trinajstić information content (AvgIpc) is 3.27. The van der Waals surface area contributed by atoms with Gasteiger partial charge in [-0.1, -0.05) is 214 Å². The number of hydrogen-bond donors (Lipinski definition) is 0. The van der Waals surface area contributed by atoms with Crippen molar-refractivity contribution in [3.05, 3.63) is 97.2 Å². The molecule has 0 aliphatic carbocycles. The highest BCUT2D eigenvalue weighted by molar-refractivity contribution is 5.71. The van der Waals surface area contributed by atoms with Crippen molar-refractivity contribution in [3.8, 4) is 0 Å². The van der Waals surface area contributed by atoms with Crippen molar-refractivity contribution < 1.29 is 28.6 Å². The van der Waals surface area contributed by atoms with Gasteiger partial charge in [0.1, 0.15) is 13.2 Å². The zero-order chi connectivity index (χ0) is 45.1. The number of ether oxygens (including phenoxy) is 3. The second kappa shape index (κ2) is 50.0. The predicted molar refractivity (Wildman–Crippen MR) is 265 cm³/mol. The molecule has 352 valence electrons. The molecule has 1 atom stereocenters. The van der Waals surface area contributed by atoms with E-state index in [1.807, 2.05) is 0 Å². The van der Waals surface area contributed by atoms with Gasteiger partial charge in [0.05, 0.1) is 0 Å². The van der Waals surface area contributed by atoms with Crippen LogP contribution >= 0.6 is 0 Å². The third-order valence-electron chi connectivity index (χ3n) is 10.4. The molecule has 0 aromatic carbocycles. The van der Waals surface area contributed by atoms with Crippen molar-refractivity contribution in [2.24, 2.45) is 0 Å². The lowest BCUT2D eigenvalue weighted by atomic mass is 10.1. The Morgan fingerprint density at radius 1 is 0.339 bits per heavy atom. The topological polar surface area (TPSA) is 78.9 Å². The molecular weight excluding hydrogens is 769 g/mol. The summed E-state index contributed by atoms with van der Waals surface area (Å²) in [6, 6.07) is 0. The van der Waals surface area contributed by atoms with Gasteiger partial charge in [-0.3, -0.25) is 14.4 Å². The Morgan fingerprint density at radius 2 is 0.629 bits per heavy atom. The monoisotopic (exact) mass is 861 g/mol. The fourth-order valence-corrected chi connectivity index (χ4v) is 6.57. The summed E-state index contributed by atoms with van der Waals surface area (Å²) in [6.45, 7) is 6.42. The lowest BCUT2D eigenvalue weighted by Gasteiger charge is -2.18. The normalized spacial score (nSPS) is 12.9. The summed E-state index contributed by atoms with van der Waals surface area (Å²) < 4.78 is 16.6. The molecule has 0 saturated carbocycles. The Morgan fingerprint density at radius 3 is 0.984 bits per heavy atom. The Balaban J connectivity index is 4.27. The van der Waals surface area contributed by atoms with E-state index in [2.05, 4.69) is 118 Å². The van der Waals surface area contributed by atoms with E-state index in [9.17, 15) is 14.4 Å². The molecule has 62 heavy (non-hydrogen) atoms. The molecule has 1 unspecified atom stereocenters. The van der Waals surface area contributed by atoms with Crippen LogP contribution < -0.4 is 0 Å². The van der Waals surface area contributed by atoms with Crippen LogP contribution in [0.15, 0.2) is 97.2 Å². The first-order chi connectivity index (χ1) is 30.5. The van der Waals surface area contributed by atoms with Crippen molar-refractivity contribution in [2.75, 3.05) is 13.2 Å². The van der Waals surface area contributed by atoms with Crippen LogP contribution in [0.1, 0.15) is 220 Å². The molecular formula is C56H92O6. The summed E-state index contributed by atoms with van der Waals surface area (Å²) in [5, 5.41) is 0. The molecule has 0 rings (SSSR count). The highest BCUT2D eigenvalue weighted by atomic mass is 16.6. The first-order valence-corrected chi connectivity index (χ1v) is 25.2. The number of hydrogen-bond acceptors (Lipinski definition) is 6. The standard InChI is InChI=1S/C56H92O6/c1-4-7-10-13-16-19-20-21-22-23-24-25-26-27-28-29-30-31-32-33-34-35-36-38-40-43-46-49-55(58)61-52-53(51-60-54(57)48-45-42-39-18-15-12-9-6-3)62-56(59)50-47-44-41-37-17-14-11-8-5-2/h7,10,16,19,21-22,24-25,27-28,30-31,33-34,36,38,53H,4-6,8-9,11-15,17-18,20,23,26,29,32,35,37,39-52H2,1-3H3/b10-7-,19-16-,22-21-,25-24-,28-27-,31-30-,34-33-,38-36-. The van der Waals surface area contributed by atoms with Crippen LogP contribution in [0.5, 0.6) is 0 Å². The van der Waals surface area contributed by atoms with Crippen molar-refractivity contribution in [3.63, 3.8) is 0 Å². The van der Waals surface area contributed by atoms with E-state index in [0.717, 1.165) is 109 Å². The smallest absolute Gasteiger partial charge is 0.306 e. The van der Waals surface area contributed by atoms with Crippen LogP contribution in [-0.2, 0) is 28.6 Å². The first kappa shape index (κ1) is 58.3. The summed E-state index contributed by atoms with van der Waals surface area (Å²) in [4.78, 5) is 37.7. The molecule has 0 radical (unpaired) electrons. The SMILES string of the molecule is CC/C=C\C/C=C\C/C=C\C/C=C\C/C=C\C/C=C\C/C=C\C/C=C\CCCCC(=O)OCC(COC(=O)CCCCCCCCCC)OC(=O)CCCCCCCCCCC. The first-order valence-electron chi connectivity index (χ1n) is 25.2. The Hall–Kier alpha value is -3.67. The Labute approximate surface area is 381 Å². The number of rotatable bonds is 44. The lowest BCUT2D eigenvalue weighted by molar-refractivity contribution is -0.167. The van der Waals surface area contributed by atoms with E-state index >= 15 is 0 Å². The largest absolute Gasteiger partial charge is 0.462 e. The van der Waals surface area contributed by atoms with Gasteiger partial charge in [0, 0.05) is 19.3 Å². The third-order valence-corrected chi connectivity index (χ3v) is 10.4. The summed E-state index contributed by atoms with van der Waals surface area (Å²) in [6.07, 6.45) is 65.6. The van der Waals surface area contributed by atoms with Crippen molar-refractivity contribution in [2.45, 2.75) is 226 Å². The molecule has 0 aromatic heterocycles. The minimum atomic E-state index is -0.789. The molecule has 0 N–H and O–H groups in total. The average molecular weight is 861 g/mol. The molecule has 0 fully saturated rings. The van der Waals surface area contributed by atoms with E-state index in [1.165, 1.54) is 70.6 Å². The van der Waals surface area contributed by atoms with E-state index in [4.69, 9.17) is 14.2 Å². The Bertz CT molecular complexity index is 1260. The minimum Gasteiger partial charge on any atom is -0.462 e. The van der Waals surface area contributed by atoms with Gasteiger partial charge in [-0.15, -0.1) is 0 Å². The van der Waals surface area contributed by atoms with E-state index < -0.39 is 6.10 Å². The van der Waals surface area contributed by atoms with Gasteiger partial charge in [-0.05, 0) is 83.5 Å². The predicted octanol–water partition coefficient (Wildman–Crippen LogP) is 16.6. The molecule has 6 heteroatoms. The van der Waals surface area contributed by atoms with Gasteiger partial charge in [-0.25, -0.2) is 0 Å². The molecule has 0 amide bonds. The quantitative estimate of drug-likeness (QED) is 0.0263. The van der Waals surface area contributed by atoms with Gasteiger partial charge in [0.2, 0.25) is 0 Å². The number of unbranched alkanes of at least 4 members (excludes halogenated alkanes) is 17. The van der Waals surface area contributed by atoms with Gasteiger partial charge in [0.25, 0.3) is 0 Å². The van der Waals surface area contributed by atoms with Crippen LogP contribution in [0.2, 0.25) is 0 Å². The van der Waals surface area contributed by atoms with Crippen molar-refractivity contribution in [1.29, 1.82) is 0 Å². The maximum absolute atomic E-state index is 12.7. The molecule has 0 saturated heterocycles. The van der Waals surface area contributed by atoms with Crippen molar-refractivity contribution >= 4 is 17.9 Å². The van der Waals surface area contributed by atoms with Gasteiger partial charge in [0.15, 0.2) is 6.10 Å². The summed E-state index contributed by atoms with van der Waals surface area (Å²) in [5.74, 6) is -0.948. The number of carbonyl (C=O) groups is 3. The number of allylic oxidation sites excluding steroid dienone is 16. The second-order valence-electron chi connectivity index (χ2n) is 16.4. The fourth-order valence-electron chi connectivity index (χ4n) is 6.57. The molecule has 0 bridgehead atoms. The van der Waals surface area contributed by atoms with Crippen LogP contribution in [0.25, 0.3) is 0 Å². The maximum Gasteiger partial charge on any atom is 0.306 e. The molecule has 6 nitrogen and oxygen atoms in total. The zero-order valence-corrected chi connectivity index (χ0v) is 40.1. The fraction of sp³-hybridized carbons (Fsp3) is 0.661. The second-order valence-corrected chi connectivity index (χ2v) is 16.4. The van der Waals surface area contributed by atoms with Crippen LogP contribution in [0.4, 0.5) is 0 Å². The highest BCUT2D eigenvalue weighted by Crippen LogP contribution is 2.13. The summed E-state index contributed by atoms with van der Waals surface area (Å²) >= 11 is 0. The van der Waals surface area contributed by atoms with Crippen LogP contribution in [-0.4, -0.2) is 37.2 Å². The maximum atomic E-state index is 12.7. The zero-order valence-electron chi connectivity index (χ0n) is 40.1. The number of carbonyl (C=O) groups excluding carboxylic acids is 3. The lowest BCUT2D eigenvalue weighted by Crippen LogP contribution is -2.30. The van der Waals surface area contributed by atoms with Gasteiger partial charge in [-0.2, -0.15) is 0 Å². The molecule has 0 aliphatic heterocycles. The highest BCUT2D eigenvalue weighted by Gasteiger charge is 2.19.